The van der Waals surface area contributed by atoms with Gasteiger partial charge in [0.15, 0.2) is 0 Å². The molecule has 3 N–H and O–H groups in total. The third-order valence-corrected chi connectivity index (χ3v) is 4.42. The topological polar surface area (TPSA) is 50.9 Å². The van der Waals surface area contributed by atoms with Crippen LogP contribution < -0.4 is 11.3 Å². The van der Waals surface area contributed by atoms with Crippen molar-refractivity contribution >= 4 is 55.7 Å². The van der Waals surface area contributed by atoms with Crippen LogP contribution in [0.4, 0.5) is 5.69 Å². The Kier molecular flexibility index (Phi) is 4.02. The van der Waals surface area contributed by atoms with E-state index in [1.807, 2.05) is 12.1 Å². The van der Waals surface area contributed by atoms with Gasteiger partial charge in [-0.1, -0.05) is 37.0 Å². The Morgan fingerprint density at radius 1 is 1.28 bits per heavy atom. The van der Waals surface area contributed by atoms with Gasteiger partial charge in [-0.05, 0) is 34.0 Å². The number of hydrazine groups is 1. The molecule has 96 valence electrons. The van der Waals surface area contributed by atoms with Crippen LogP contribution in [0.1, 0.15) is 25.5 Å². The van der Waals surface area contributed by atoms with Crippen LogP contribution in [-0.4, -0.2) is 4.98 Å². The van der Waals surface area contributed by atoms with Crippen molar-refractivity contribution in [2.24, 2.45) is 5.84 Å². The van der Waals surface area contributed by atoms with E-state index in [-0.39, 0.29) is 5.92 Å². The normalized spacial score (nSPS) is 11.3. The second-order valence-electron chi connectivity index (χ2n) is 4.28. The number of halogens is 3. The van der Waals surface area contributed by atoms with Crippen LogP contribution in [0.25, 0.3) is 10.9 Å². The van der Waals surface area contributed by atoms with Crippen molar-refractivity contribution in [1.29, 1.82) is 0 Å². The maximum absolute atomic E-state index is 6.24. The minimum Gasteiger partial charge on any atom is -0.323 e. The quantitative estimate of drug-likeness (QED) is 0.469. The van der Waals surface area contributed by atoms with Gasteiger partial charge in [-0.25, -0.2) is 0 Å². The zero-order valence-corrected chi connectivity index (χ0v) is 13.0. The molecule has 0 unspecified atom stereocenters. The lowest BCUT2D eigenvalue weighted by Gasteiger charge is -2.13. The fourth-order valence-corrected chi connectivity index (χ4v) is 2.63. The SMILES string of the molecule is CC(C)c1cc(NN)c2cc(Br)c(Cl)c(Cl)c2n1. The lowest BCUT2D eigenvalue weighted by atomic mass is 10.1. The second-order valence-corrected chi connectivity index (χ2v) is 5.89. The largest absolute Gasteiger partial charge is 0.323 e. The molecule has 18 heavy (non-hydrogen) atoms. The number of anilines is 1. The van der Waals surface area contributed by atoms with Gasteiger partial charge < -0.3 is 5.43 Å². The molecule has 2 rings (SSSR count). The summed E-state index contributed by atoms with van der Waals surface area (Å²) in [4.78, 5) is 4.55. The van der Waals surface area contributed by atoms with Crippen molar-refractivity contribution in [3.63, 3.8) is 0 Å². The molecular formula is C12H12BrCl2N3. The number of aromatic nitrogens is 1. The summed E-state index contributed by atoms with van der Waals surface area (Å²) in [5.41, 5.74) is 5.03. The van der Waals surface area contributed by atoms with Crippen LogP contribution in [-0.2, 0) is 0 Å². The van der Waals surface area contributed by atoms with Crippen molar-refractivity contribution in [1.82, 2.24) is 4.98 Å². The highest BCUT2D eigenvalue weighted by molar-refractivity contribution is 9.10. The molecule has 1 aromatic carbocycles. The number of nitrogens with zero attached hydrogens (tertiary/aromatic N) is 1. The molecule has 3 nitrogen and oxygen atoms in total. The summed E-state index contributed by atoms with van der Waals surface area (Å²) >= 11 is 15.7. The van der Waals surface area contributed by atoms with Crippen LogP contribution in [0.2, 0.25) is 10.0 Å². The first-order valence-electron chi connectivity index (χ1n) is 5.40. The van der Waals surface area contributed by atoms with Crippen LogP contribution >= 0.6 is 39.1 Å². The third-order valence-electron chi connectivity index (χ3n) is 2.71. The summed E-state index contributed by atoms with van der Waals surface area (Å²) in [6.45, 7) is 4.12. The predicted molar refractivity (Wildman–Crippen MR) is 81.4 cm³/mol. The van der Waals surface area contributed by atoms with Gasteiger partial charge in [0.2, 0.25) is 0 Å². The minimum absolute atomic E-state index is 0.278. The number of hydrogen-bond acceptors (Lipinski definition) is 3. The molecule has 0 saturated carbocycles. The highest BCUT2D eigenvalue weighted by atomic mass is 79.9. The standard InChI is InChI=1S/C12H12BrCl2N3/c1-5(2)8-4-9(18-16)6-3-7(13)10(14)11(15)12(6)17-8/h3-5H,16H2,1-2H3,(H,17,18). The van der Waals surface area contributed by atoms with E-state index in [1.54, 1.807) is 0 Å². The first-order valence-corrected chi connectivity index (χ1v) is 6.95. The van der Waals surface area contributed by atoms with Crippen LogP contribution in [0.5, 0.6) is 0 Å². The molecule has 0 aliphatic rings. The van der Waals surface area contributed by atoms with Crippen LogP contribution in [0, 0.1) is 0 Å². The van der Waals surface area contributed by atoms with Crippen LogP contribution in [0.15, 0.2) is 16.6 Å². The molecule has 0 fully saturated rings. The molecule has 0 aliphatic carbocycles. The monoisotopic (exact) mass is 347 g/mol. The van der Waals surface area contributed by atoms with E-state index in [2.05, 4.69) is 40.2 Å². The summed E-state index contributed by atoms with van der Waals surface area (Å²) in [7, 11) is 0. The van der Waals surface area contributed by atoms with Crippen molar-refractivity contribution in [2.45, 2.75) is 19.8 Å². The maximum atomic E-state index is 6.24. The summed E-state index contributed by atoms with van der Waals surface area (Å²) in [5, 5.41) is 1.73. The van der Waals surface area contributed by atoms with Crippen molar-refractivity contribution < 1.29 is 0 Å². The molecule has 2 aromatic rings. The first-order chi connectivity index (χ1) is 8.45. The van der Waals surface area contributed by atoms with Gasteiger partial charge in [0.25, 0.3) is 0 Å². The number of pyridine rings is 1. The van der Waals surface area contributed by atoms with E-state index in [1.165, 1.54) is 0 Å². The number of nitrogens with one attached hydrogen (secondary N) is 1. The average molecular weight is 349 g/mol. The average Bonchev–Trinajstić information content (AvgIpc) is 2.35. The Morgan fingerprint density at radius 2 is 1.94 bits per heavy atom. The highest BCUT2D eigenvalue weighted by Gasteiger charge is 2.15. The van der Waals surface area contributed by atoms with Crippen molar-refractivity contribution in [3.05, 3.63) is 32.3 Å². The fraction of sp³-hybridized carbons (Fsp3) is 0.250. The van der Waals surface area contributed by atoms with Crippen molar-refractivity contribution in [2.75, 3.05) is 5.43 Å². The molecule has 6 heteroatoms. The molecular weight excluding hydrogens is 337 g/mol. The Morgan fingerprint density at radius 3 is 2.50 bits per heavy atom. The fourth-order valence-electron chi connectivity index (χ4n) is 1.70. The van der Waals surface area contributed by atoms with Gasteiger partial charge in [0, 0.05) is 15.6 Å². The summed E-state index contributed by atoms with van der Waals surface area (Å²) < 4.78 is 0.720. The molecule has 0 radical (unpaired) electrons. The molecule has 0 bridgehead atoms. The van der Waals surface area contributed by atoms with Crippen molar-refractivity contribution in [3.8, 4) is 0 Å². The van der Waals surface area contributed by atoms with E-state index in [4.69, 9.17) is 29.0 Å². The summed E-state index contributed by atoms with van der Waals surface area (Å²) in [6, 6.07) is 3.78. The zero-order chi connectivity index (χ0) is 13.4. The minimum atomic E-state index is 0.278. The lowest BCUT2D eigenvalue weighted by Crippen LogP contribution is -2.09. The van der Waals surface area contributed by atoms with E-state index < -0.39 is 0 Å². The Hall–Kier alpha value is -0.550. The first kappa shape index (κ1) is 13.9. The summed E-state index contributed by atoms with van der Waals surface area (Å²) in [6.07, 6.45) is 0. The Labute approximate surface area is 124 Å². The highest BCUT2D eigenvalue weighted by Crippen LogP contribution is 2.39. The second kappa shape index (κ2) is 5.21. The van der Waals surface area contributed by atoms with Gasteiger partial charge in [0.1, 0.15) is 0 Å². The zero-order valence-electron chi connectivity index (χ0n) is 9.89. The smallest absolute Gasteiger partial charge is 0.0928 e. The third kappa shape index (κ3) is 2.30. The Balaban J connectivity index is 2.88. The molecule has 0 saturated heterocycles. The van der Waals surface area contributed by atoms with Gasteiger partial charge in [-0.2, -0.15) is 0 Å². The number of benzene rings is 1. The molecule has 0 aliphatic heterocycles. The summed E-state index contributed by atoms with van der Waals surface area (Å²) in [5.74, 6) is 5.83. The Bertz CT molecular complexity index is 614. The van der Waals surface area contributed by atoms with Gasteiger partial charge in [0.05, 0.1) is 21.2 Å². The molecule has 0 atom stereocenters. The number of rotatable bonds is 2. The number of nitrogens with two attached hydrogens (primary N) is 1. The van der Waals surface area contributed by atoms with Crippen LogP contribution in [0.3, 0.4) is 0 Å². The van der Waals surface area contributed by atoms with E-state index in [0.717, 1.165) is 21.2 Å². The van der Waals surface area contributed by atoms with E-state index >= 15 is 0 Å². The number of fused-ring (bicyclic) bond motifs is 1. The molecule has 1 heterocycles. The van der Waals surface area contributed by atoms with E-state index in [9.17, 15) is 0 Å². The molecule has 0 amide bonds. The maximum Gasteiger partial charge on any atom is 0.0928 e. The number of hydrogen-bond donors (Lipinski definition) is 2. The van der Waals surface area contributed by atoms with Gasteiger partial charge >= 0.3 is 0 Å². The number of nitrogen functional groups attached to an aromatic ring is 1. The van der Waals surface area contributed by atoms with Gasteiger partial charge in [-0.15, -0.1) is 0 Å². The van der Waals surface area contributed by atoms with E-state index in [0.29, 0.717) is 15.6 Å². The molecule has 1 aromatic heterocycles. The lowest BCUT2D eigenvalue weighted by molar-refractivity contribution is 0.830. The predicted octanol–water partition coefficient (Wildman–Crippen LogP) is 4.71. The molecule has 0 spiro atoms. The van der Waals surface area contributed by atoms with Gasteiger partial charge in [-0.3, -0.25) is 10.8 Å².